The molecule has 0 amide bonds. The molecule has 1 fully saturated rings. The van der Waals surface area contributed by atoms with E-state index in [9.17, 15) is 10.2 Å². The van der Waals surface area contributed by atoms with Gasteiger partial charge in [-0.25, -0.2) is 0 Å². The molecule has 0 saturated heterocycles. The lowest BCUT2D eigenvalue weighted by Gasteiger charge is -2.36. The molecular weight excluding hydrogens is 192 g/mol. The van der Waals surface area contributed by atoms with Crippen LogP contribution in [0.1, 0.15) is 45.4 Å². The van der Waals surface area contributed by atoms with Crippen molar-refractivity contribution in [1.29, 1.82) is 0 Å². The lowest BCUT2D eigenvalue weighted by atomic mass is 9.81. The van der Waals surface area contributed by atoms with Crippen LogP contribution in [0.3, 0.4) is 0 Å². The number of aliphatic hydroxyl groups is 2. The van der Waals surface area contributed by atoms with E-state index in [2.05, 4.69) is 0 Å². The maximum absolute atomic E-state index is 9.68. The van der Waals surface area contributed by atoms with Crippen molar-refractivity contribution in [3.8, 4) is 0 Å². The van der Waals surface area contributed by atoms with Crippen molar-refractivity contribution in [1.82, 2.24) is 0 Å². The summed E-state index contributed by atoms with van der Waals surface area (Å²) in [7, 11) is 0. The molecule has 0 aromatic rings. The first kappa shape index (κ1) is 12.9. The van der Waals surface area contributed by atoms with E-state index >= 15 is 0 Å². The summed E-state index contributed by atoms with van der Waals surface area (Å²) in [5.74, 6) is 0.502. The minimum Gasteiger partial charge on any atom is -0.391 e. The topological polar surface area (TPSA) is 92.5 Å². The highest BCUT2D eigenvalue weighted by Crippen LogP contribution is 2.29. The number of hydrogen-bond acceptors (Lipinski definition) is 4. The third-order valence-electron chi connectivity index (χ3n) is 3.37. The van der Waals surface area contributed by atoms with Gasteiger partial charge in [0.05, 0.1) is 11.8 Å². The SMILES string of the molecule is CC(O)C(O)C(N)(N)CC1CCCCC1. The lowest BCUT2D eigenvalue weighted by molar-refractivity contribution is -0.0273. The number of aliphatic hydroxyl groups excluding tert-OH is 2. The molecule has 1 saturated carbocycles. The van der Waals surface area contributed by atoms with Crippen LogP contribution in [-0.4, -0.2) is 28.1 Å². The minimum absolute atomic E-state index is 0.502. The highest BCUT2D eigenvalue weighted by atomic mass is 16.3. The Bertz CT molecular complexity index is 189. The van der Waals surface area contributed by atoms with Crippen LogP contribution in [0.5, 0.6) is 0 Å². The Balaban J connectivity index is 2.46. The predicted octanol–water partition coefficient (Wildman–Crippen LogP) is 0.312. The van der Waals surface area contributed by atoms with Crippen LogP contribution in [0.2, 0.25) is 0 Å². The van der Waals surface area contributed by atoms with Gasteiger partial charge in [-0.2, -0.15) is 0 Å². The molecule has 90 valence electrons. The average Bonchev–Trinajstić information content (AvgIpc) is 2.17. The third kappa shape index (κ3) is 3.72. The maximum atomic E-state index is 9.68. The fourth-order valence-corrected chi connectivity index (χ4v) is 2.46. The van der Waals surface area contributed by atoms with Gasteiger partial charge < -0.3 is 21.7 Å². The standard InChI is InChI=1S/C11H24N2O2/c1-8(14)10(15)11(12,13)7-9-5-3-2-4-6-9/h8-10,14-15H,2-7,12-13H2,1H3. The second-order valence-corrected chi connectivity index (χ2v) is 5.01. The molecule has 15 heavy (non-hydrogen) atoms. The molecule has 0 aromatic carbocycles. The average molecular weight is 216 g/mol. The fraction of sp³-hybridized carbons (Fsp3) is 1.00. The van der Waals surface area contributed by atoms with E-state index < -0.39 is 17.9 Å². The lowest BCUT2D eigenvalue weighted by Crippen LogP contribution is -2.63. The van der Waals surface area contributed by atoms with Gasteiger partial charge in [-0.3, -0.25) is 0 Å². The number of rotatable bonds is 4. The summed E-state index contributed by atoms with van der Waals surface area (Å²) in [6, 6.07) is 0. The Morgan fingerprint density at radius 3 is 2.20 bits per heavy atom. The molecule has 2 atom stereocenters. The van der Waals surface area contributed by atoms with Gasteiger partial charge in [0, 0.05) is 0 Å². The van der Waals surface area contributed by atoms with Crippen molar-refractivity contribution >= 4 is 0 Å². The molecule has 0 spiro atoms. The third-order valence-corrected chi connectivity index (χ3v) is 3.37. The summed E-state index contributed by atoms with van der Waals surface area (Å²) in [4.78, 5) is 0. The quantitative estimate of drug-likeness (QED) is 0.509. The predicted molar refractivity (Wildman–Crippen MR) is 60.0 cm³/mol. The van der Waals surface area contributed by atoms with E-state index in [0.717, 1.165) is 12.8 Å². The summed E-state index contributed by atoms with van der Waals surface area (Å²) in [6.07, 6.45) is 4.71. The van der Waals surface area contributed by atoms with Gasteiger partial charge in [-0.1, -0.05) is 32.1 Å². The van der Waals surface area contributed by atoms with Gasteiger partial charge in [0.1, 0.15) is 6.10 Å². The van der Waals surface area contributed by atoms with Gasteiger partial charge >= 0.3 is 0 Å². The summed E-state index contributed by atoms with van der Waals surface area (Å²) in [5.41, 5.74) is 10.6. The summed E-state index contributed by atoms with van der Waals surface area (Å²) < 4.78 is 0. The molecule has 0 radical (unpaired) electrons. The molecule has 2 unspecified atom stereocenters. The van der Waals surface area contributed by atoms with Gasteiger partial charge in [-0.05, 0) is 19.3 Å². The zero-order chi connectivity index (χ0) is 11.5. The number of hydrogen-bond donors (Lipinski definition) is 4. The summed E-state index contributed by atoms with van der Waals surface area (Å²) >= 11 is 0. The van der Waals surface area contributed by atoms with Crippen molar-refractivity contribution < 1.29 is 10.2 Å². The summed E-state index contributed by atoms with van der Waals surface area (Å²) in [5, 5.41) is 19.0. The van der Waals surface area contributed by atoms with Crippen LogP contribution in [-0.2, 0) is 0 Å². The molecule has 0 aliphatic heterocycles. The van der Waals surface area contributed by atoms with Crippen molar-refractivity contribution in [2.45, 2.75) is 63.3 Å². The van der Waals surface area contributed by atoms with E-state index in [1.165, 1.54) is 26.2 Å². The zero-order valence-electron chi connectivity index (χ0n) is 9.52. The minimum atomic E-state index is -1.16. The first-order valence-electron chi connectivity index (χ1n) is 5.87. The maximum Gasteiger partial charge on any atom is 0.110 e. The Labute approximate surface area is 91.7 Å². The van der Waals surface area contributed by atoms with E-state index in [-0.39, 0.29) is 0 Å². The molecule has 0 aromatic heterocycles. The van der Waals surface area contributed by atoms with Crippen LogP contribution < -0.4 is 11.5 Å². The molecule has 1 aliphatic carbocycles. The second-order valence-electron chi connectivity index (χ2n) is 5.01. The van der Waals surface area contributed by atoms with Crippen molar-refractivity contribution in [2.75, 3.05) is 0 Å². The largest absolute Gasteiger partial charge is 0.391 e. The van der Waals surface area contributed by atoms with Crippen LogP contribution in [0, 0.1) is 5.92 Å². The van der Waals surface area contributed by atoms with Crippen molar-refractivity contribution in [2.24, 2.45) is 17.4 Å². The van der Waals surface area contributed by atoms with Crippen molar-refractivity contribution in [3.05, 3.63) is 0 Å². The van der Waals surface area contributed by atoms with Crippen LogP contribution >= 0.6 is 0 Å². The monoisotopic (exact) mass is 216 g/mol. The second kappa shape index (κ2) is 5.25. The smallest absolute Gasteiger partial charge is 0.110 e. The van der Waals surface area contributed by atoms with E-state index in [1.54, 1.807) is 0 Å². The molecule has 0 bridgehead atoms. The van der Waals surface area contributed by atoms with Gasteiger partial charge in [0.25, 0.3) is 0 Å². The van der Waals surface area contributed by atoms with Crippen LogP contribution in [0.25, 0.3) is 0 Å². The van der Waals surface area contributed by atoms with Crippen LogP contribution in [0.4, 0.5) is 0 Å². The normalized spacial score (nSPS) is 23.8. The molecule has 1 aliphatic rings. The van der Waals surface area contributed by atoms with Gasteiger partial charge in [-0.15, -0.1) is 0 Å². The highest BCUT2D eigenvalue weighted by Gasteiger charge is 2.35. The van der Waals surface area contributed by atoms with Gasteiger partial charge in [0.15, 0.2) is 0 Å². The van der Waals surface area contributed by atoms with Crippen molar-refractivity contribution in [3.63, 3.8) is 0 Å². The molecular formula is C11H24N2O2. The molecule has 4 heteroatoms. The fourth-order valence-electron chi connectivity index (χ4n) is 2.46. The first-order valence-corrected chi connectivity index (χ1v) is 5.87. The molecule has 6 N–H and O–H groups in total. The van der Waals surface area contributed by atoms with Gasteiger partial charge in [0.2, 0.25) is 0 Å². The Hall–Kier alpha value is -0.160. The Morgan fingerprint density at radius 2 is 1.73 bits per heavy atom. The Kier molecular flexibility index (Phi) is 4.52. The molecule has 0 heterocycles. The Morgan fingerprint density at radius 1 is 1.20 bits per heavy atom. The van der Waals surface area contributed by atoms with E-state index in [4.69, 9.17) is 11.5 Å². The van der Waals surface area contributed by atoms with E-state index in [1.807, 2.05) is 0 Å². The molecule has 1 rings (SSSR count). The van der Waals surface area contributed by atoms with E-state index in [0.29, 0.717) is 12.3 Å². The number of nitrogens with two attached hydrogens (primary N) is 2. The molecule has 4 nitrogen and oxygen atoms in total. The summed E-state index contributed by atoms with van der Waals surface area (Å²) in [6.45, 7) is 1.51. The first-order chi connectivity index (χ1) is 6.93. The van der Waals surface area contributed by atoms with Crippen LogP contribution in [0.15, 0.2) is 0 Å². The zero-order valence-corrected chi connectivity index (χ0v) is 9.52. The highest BCUT2D eigenvalue weighted by molar-refractivity contribution is 4.90.